The summed E-state index contributed by atoms with van der Waals surface area (Å²) in [6, 6.07) is 8.92. The van der Waals surface area contributed by atoms with Gasteiger partial charge >= 0.3 is 0 Å². The van der Waals surface area contributed by atoms with Crippen molar-refractivity contribution in [2.75, 3.05) is 39.4 Å². The molecule has 114 valence electrons. The molecule has 0 atom stereocenters. The van der Waals surface area contributed by atoms with Crippen LogP contribution in [-0.2, 0) is 9.53 Å². The average molecular weight is 291 g/mol. The number of morpholine rings is 1. The summed E-state index contributed by atoms with van der Waals surface area (Å²) in [4.78, 5) is 14.3. The number of nitrogens with one attached hydrogen (secondary N) is 1. The number of rotatable bonds is 6. The Kier molecular flexibility index (Phi) is 6.18. The molecule has 0 saturated carbocycles. The Morgan fingerprint density at radius 3 is 2.67 bits per heavy atom. The molecule has 2 rings (SSSR count). The molecule has 1 heterocycles. The smallest absolute Gasteiger partial charge is 0.273 e. The molecule has 6 heteroatoms. The first-order valence-corrected chi connectivity index (χ1v) is 7.17. The standard InChI is InChI=1S/C15H21N3O3/c19-15(14(17-20)13-5-2-1-3-6-13)16-7-4-8-18-9-11-21-12-10-18/h1-3,5-6,20H,4,7-12H2,(H,16,19)/b17-14+. The minimum absolute atomic E-state index is 0.0435. The van der Waals surface area contributed by atoms with E-state index in [1.807, 2.05) is 6.07 Å². The summed E-state index contributed by atoms with van der Waals surface area (Å²) in [6.45, 7) is 4.94. The first-order chi connectivity index (χ1) is 10.3. The number of hydrogen-bond acceptors (Lipinski definition) is 5. The molecule has 0 aliphatic carbocycles. The molecule has 0 radical (unpaired) electrons. The third kappa shape index (κ3) is 4.84. The normalized spacial score (nSPS) is 16.7. The van der Waals surface area contributed by atoms with Gasteiger partial charge in [-0.3, -0.25) is 9.69 Å². The largest absolute Gasteiger partial charge is 0.410 e. The van der Waals surface area contributed by atoms with E-state index in [0.29, 0.717) is 12.1 Å². The molecule has 1 aromatic carbocycles. The highest BCUT2D eigenvalue weighted by Crippen LogP contribution is 2.01. The van der Waals surface area contributed by atoms with Crippen LogP contribution in [0.3, 0.4) is 0 Å². The van der Waals surface area contributed by atoms with E-state index in [2.05, 4.69) is 15.4 Å². The van der Waals surface area contributed by atoms with Crippen LogP contribution < -0.4 is 5.32 Å². The Labute approximate surface area is 124 Å². The van der Waals surface area contributed by atoms with Crippen LogP contribution in [0.4, 0.5) is 0 Å². The maximum Gasteiger partial charge on any atom is 0.273 e. The van der Waals surface area contributed by atoms with Gasteiger partial charge in [0.2, 0.25) is 0 Å². The third-order valence-electron chi connectivity index (χ3n) is 3.40. The Hall–Kier alpha value is -1.92. The maximum atomic E-state index is 12.0. The van der Waals surface area contributed by atoms with Crippen molar-refractivity contribution >= 4 is 11.6 Å². The van der Waals surface area contributed by atoms with Gasteiger partial charge in [-0.25, -0.2) is 0 Å². The number of benzene rings is 1. The van der Waals surface area contributed by atoms with E-state index in [1.165, 1.54) is 0 Å². The van der Waals surface area contributed by atoms with Gasteiger partial charge in [0.25, 0.3) is 5.91 Å². The summed E-state index contributed by atoms with van der Waals surface area (Å²) in [5, 5.41) is 14.9. The fourth-order valence-corrected chi connectivity index (χ4v) is 2.24. The molecular weight excluding hydrogens is 270 g/mol. The average Bonchev–Trinajstić information content (AvgIpc) is 2.54. The fourth-order valence-electron chi connectivity index (χ4n) is 2.24. The molecule has 1 aliphatic rings. The van der Waals surface area contributed by atoms with Gasteiger partial charge in [0, 0.05) is 25.2 Å². The highest BCUT2D eigenvalue weighted by molar-refractivity contribution is 6.45. The van der Waals surface area contributed by atoms with Crippen molar-refractivity contribution in [2.24, 2.45) is 5.16 Å². The Morgan fingerprint density at radius 2 is 2.00 bits per heavy atom. The van der Waals surface area contributed by atoms with Crippen LogP contribution >= 0.6 is 0 Å². The van der Waals surface area contributed by atoms with Crippen molar-refractivity contribution in [1.82, 2.24) is 10.2 Å². The number of carbonyl (C=O) groups excluding carboxylic acids is 1. The van der Waals surface area contributed by atoms with Crippen molar-refractivity contribution in [3.05, 3.63) is 35.9 Å². The van der Waals surface area contributed by atoms with Crippen molar-refractivity contribution in [2.45, 2.75) is 6.42 Å². The van der Waals surface area contributed by atoms with Gasteiger partial charge in [0.05, 0.1) is 13.2 Å². The van der Waals surface area contributed by atoms with Crippen molar-refractivity contribution < 1.29 is 14.7 Å². The van der Waals surface area contributed by atoms with Crippen LogP contribution in [-0.4, -0.2) is 61.1 Å². The summed E-state index contributed by atoms with van der Waals surface area (Å²) in [6.07, 6.45) is 0.860. The van der Waals surface area contributed by atoms with Gasteiger partial charge in [0.1, 0.15) is 0 Å². The van der Waals surface area contributed by atoms with Gasteiger partial charge in [-0.05, 0) is 13.0 Å². The molecule has 0 aromatic heterocycles. The minimum Gasteiger partial charge on any atom is -0.410 e. The zero-order chi connectivity index (χ0) is 14.9. The molecule has 0 unspecified atom stereocenters. The lowest BCUT2D eigenvalue weighted by Gasteiger charge is -2.26. The van der Waals surface area contributed by atoms with Gasteiger partial charge in [-0.15, -0.1) is 0 Å². The van der Waals surface area contributed by atoms with Crippen LogP contribution in [0.25, 0.3) is 0 Å². The quantitative estimate of drug-likeness (QED) is 0.350. The number of ether oxygens (including phenoxy) is 1. The van der Waals surface area contributed by atoms with E-state index < -0.39 is 0 Å². The van der Waals surface area contributed by atoms with E-state index in [-0.39, 0.29) is 11.6 Å². The van der Waals surface area contributed by atoms with Crippen LogP contribution in [0, 0.1) is 0 Å². The molecule has 1 amide bonds. The van der Waals surface area contributed by atoms with Crippen molar-refractivity contribution in [1.29, 1.82) is 0 Å². The van der Waals surface area contributed by atoms with Crippen molar-refractivity contribution in [3.8, 4) is 0 Å². The second kappa shape index (κ2) is 8.39. The molecule has 0 bridgehead atoms. The number of oxime groups is 1. The third-order valence-corrected chi connectivity index (χ3v) is 3.40. The minimum atomic E-state index is -0.356. The number of amides is 1. The Balaban J connectivity index is 1.73. The highest BCUT2D eigenvalue weighted by atomic mass is 16.5. The molecule has 1 aliphatic heterocycles. The Bertz CT molecular complexity index is 470. The monoisotopic (exact) mass is 291 g/mol. The van der Waals surface area contributed by atoms with Crippen molar-refractivity contribution in [3.63, 3.8) is 0 Å². The number of hydrogen-bond donors (Lipinski definition) is 2. The second-order valence-electron chi connectivity index (χ2n) is 4.88. The van der Waals surface area contributed by atoms with E-state index >= 15 is 0 Å². The summed E-state index contributed by atoms with van der Waals surface area (Å²) < 4.78 is 5.28. The van der Waals surface area contributed by atoms with Gasteiger partial charge in [-0.2, -0.15) is 0 Å². The molecule has 2 N–H and O–H groups in total. The zero-order valence-electron chi connectivity index (χ0n) is 12.0. The lowest BCUT2D eigenvalue weighted by molar-refractivity contribution is -0.114. The van der Waals surface area contributed by atoms with Crippen LogP contribution in [0.1, 0.15) is 12.0 Å². The summed E-state index contributed by atoms with van der Waals surface area (Å²) in [5.41, 5.74) is 0.646. The number of nitrogens with zero attached hydrogens (tertiary/aromatic N) is 2. The predicted octanol–water partition coefficient (Wildman–Crippen LogP) is 0.703. The highest BCUT2D eigenvalue weighted by Gasteiger charge is 2.14. The lowest BCUT2D eigenvalue weighted by Crippen LogP contribution is -2.39. The van der Waals surface area contributed by atoms with E-state index in [0.717, 1.165) is 39.3 Å². The number of carbonyl (C=O) groups is 1. The molecular formula is C15H21N3O3. The van der Waals surface area contributed by atoms with Gasteiger partial charge in [0.15, 0.2) is 5.71 Å². The Morgan fingerprint density at radius 1 is 1.29 bits per heavy atom. The van der Waals surface area contributed by atoms with E-state index in [9.17, 15) is 4.79 Å². The first kappa shape index (κ1) is 15.5. The molecule has 21 heavy (non-hydrogen) atoms. The molecule has 1 saturated heterocycles. The molecule has 1 aromatic rings. The SMILES string of the molecule is O=C(NCCCN1CCOCC1)/C(=N/O)c1ccccc1. The zero-order valence-corrected chi connectivity index (χ0v) is 12.0. The second-order valence-corrected chi connectivity index (χ2v) is 4.88. The summed E-state index contributed by atoms with van der Waals surface area (Å²) >= 11 is 0. The first-order valence-electron chi connectivity index (χ1n) is 7.17. The molecule has 0 spiro atoms. The van der Waals surface area contributed by atoms with E-state index in [4.69, 9.17) is 9.94 Å². The topological polar surface area (TPSA) is 74.2 Å². The van der Waals surface area contributed by atoms with E-state index in [1.54, 1.807) is 24.3 Å². The summed E-state index contributed by atoms with van der Waals surface area (Å²) in [7, 11) is 0. The predicted molar refractivity (Wildman–Crippen MR) is 79.7 cm³/mol. The van der Waals surface area contributed by atoms with Crippen LogP contribution in [0.15, 0.2) is 35.5 Å². The summed E-state index contributed by atoms with van der Waals surface area (Å²) in [5.74, 6) is -0.356. The molecule has 6 nitrogen and oxygen atoms in total. The van der Waals surface area contributed by atoms with Crippen LogP contribution in [0.5, 0.6) is 0 Å². The van der Waals surface area contributed by atoms with Gasteiger partial charge in [-0.1, -0.05) is 35.5 Å². The van der Waals surface area contributed by atoms with Gasteiger partial charge < -0.3 is 15.3 Å². The van der Waals surface area contributed by atoms with Crippen LogP contribution in [0.2, 0.25) is 0 Å². The fraction of sp³-hybridized carbons (Fsp3) is 0.467. The molecule has 1 fully saturated rings. The maximum absolute atomic E-state index is 12.0. The lowest BCUT2D eigenvalue weighted by atomic mass is 10.1.